The van der Waals surface area contributed by atoms with Gasteiger partial charge in [0.15, 0.2) is 0 Å². The average molecular weight is 444 g/mol. The summed E-state index contributed by atoms with van der Waals surface area (Å²) in [5.74, 6) is 3.13. The van der Waals surface area contributed by atoms with Crippen LogP contribution >= 0.6 is 11.9 Å². The van der Waals surface area contributed by atoms with Crippen LogP contribution in [0.2, 0.25) is 0 Å². The lowest BCUT2D eigenvalue weighted by atomic mass is 9.84. The Kier molecular flexibility index (Phi) is 21.3. The van der Waals surface area contributed by atoms with Crippen LogP contribution in [0.4, 0.5) is 0 Å². The second-order valence-electron chi connectivity index (χ2n) is 10.0. The number of rotatable bonds is 23. The fourth-order valence-electron chi connectivity index (χ4n) is 3.96. The van der Waals surface area contributed by atoms with Crippen LogP contribution in [-0.4, -0.2) is 38.5 Å². The molecule has 0 bridgehead atoms. The summed E-state index contributed by atoms with van der Waals surface area (Å²) in [4.78, 5) is 0. The third-order valence-corrected chi connectivity index (χ3v) is 7.67. The summed E-state index contributed by atoms with van der Waals surface area (Å²) >= 11 is 1.93. The standard InChI is InChI=1S/C26H57N3S/c1-7-15-24(4)25(8-2)16-11-10-12-23-30-29-21-14-20-27-18-13-19-28-22-17-26(5,6)9-3/h24-25,27-29H,7-23H2,1-6H3. The Morgan fingerprint density at radius 3 is 2.07 bits per heavy atom. The van der Waals surface area contributed by atoms with E-state index in [-0.39, 0.29) is 0 Å². The molecule has 0 radical (unpaired) electrons. The van der Waals surface area contributed by atoms with Gasteiger partial charge in [-0.2, -0.15) is 0 Å². The second-order valence-corrected chi connectivity index (χ2v) is 11.0. The van der Waals surface area contributed by atoms with Crippen LogP contribution < -0.4 is 15.4 Å². The summed E-state index contributed by atoms with van der Waals surface area (Å²) in [6.07, 6.45) is 14.7. The largest absolute Gasteiger partial charge is 0.317 e. The zero-order chi connectivity index (χ0) is 22.5. The molecule has 0 aliphatic carbocycles. The Hall–Kier alpha value is 0.230. The monoisotopic (exact) mass is 443 g/mol. The molecule has 3 N–H and O–H groups in total. The van der Waals surface area contributed by atoms with Gasteiger partial charge in [-0.05, 0) is 69.1 Å². The maximum absolute atomic E-state index is 3.58. The van der Waals surface area contributed by atoms with Crippen molar-refractivity contribution in [1.82, 2.24) is 15.4 Å². The predicted octanol–water partition coefficient (Wildman–Crippen LogP) is 7.03. The van der Waals surface area contributed by atoms with Gasteiger partial charge in [0.1, 0.15) is 0 Å². The van der Waals surface area contributed by atoms with Crippen molar-refractivity contribution in [2.45, 2.75) is 112 Å². The van der Waals surface area contributed by atoms with Gasteiger partial charge in [-0.3, -0.25) is 4.72 Å². The Morgan fingerprint density at radius 1 is 0.767 bits per heavy atom. The first-order valence-corrected chi connectivity index (χ1v) is 14.2. The molecule has 0 rings (SSSR count). The van der Waals surface area contributed by atoms with Gasteiger partial charge in [0.25, 0.3) is 0 Å². The van der Waals surface area contributed by atoms with Crippen molar-refractivity contribution in [2.75, 3.05) is 38.5 Å². The molecule has 0 aromatic rings. The van der Waals surface area contributed by atoms with E-state index in [4.69, 9.17) is 0 Å². The first-order chi connectivity index (χ1) is 14.5. The van der Waals surface area contributed by atoms with Crippen molar-refractivity contribution >= 4 is 11.9 Å². The number of hydrogen-bond acceptors (Lipinski definition) is 4. The first-order valence-electron chi connectivity index (χ1n) is 13.2. The van der Waals surface area contributed by atoms with Gasteiger partial charge in [-0.25, -0.2) is 0 Å². The van der Waals surface area contributed by atoms with Gasteiger partial charge in [0, 0.05) is 12.3 Å². The minimum atomic E-state index is 0.487. The Labute approximate surface area is 195 Å². The maximum atomic E-state index is 3.58. The molecule has 182 valence electrons. The molecule has 0 aliphatic rings. The van der Waals surface area contributed by atoms with E-state index in [0.29, 0.717) is 5.41 Å². The van der Waals surface area contributed by atoms with Crippen molar-refractivity contribution in [3.63, 3.8) is 0 Å². The summed E-state index contributed by atoms with van der Waals surface area (Å²) in [5.41, 5.74) is 0.487. The van der Waals surface area contributed by atoms with E-state index in [9.17, 15) is 0 Å². The van der Waals surface area contributed by atoms with Crippen LogP contribution in [0, 0.1) is 17.3 Å². The van der Waals surface area contributed by atoms with Gasteiger partial charge < -0.3 is 10.6 Å². The zero-order valence-electron chi connectivity index (χ0n) is 21.6. The third kappa shape index (κ3) is 19.0. The van der Waals surface area contributed by atoms with Crippen molar-refractivity contribution in [3.8, 4) is 0 Å². The molecule has 0 aromatic carbocycles. The summed E-state index contributed by atoms with van der Waals surface area (Å²) in [6, 6.07) is 0. The van der Waals surface area contributed by atoms with Crippen molar-refractivity contribution in [1.29, 1.82) is 0 Å². The average Bonchev–Trinajstić information content (AvgIpc) is 2.73. The highest BCUT2D eigenvalue weighted by molar-refractivity contribution is 7.97. The molecule has 0 saturated heterocycles. The van der Waals surface area contributed by atoms with Gasteiger partial charge in [-0.1, -0.05) is 98.4 Å². The van der Waals surface area contributed by atoms with Crippen molar-refractivity contribution in [3.05, 3.63) is 0 Å². The normalized spacial score (nSPS) is 14.2. The van der Waals surface area contributed by atoms with E-state index in [0.717, 1.165) is 44.6 Å². The molecule has 0 fully saturated rings. The summed E-state index contributed by atoms with van der Waals surface area (Å²) in [6.45, 7) is 19.8. The fraction of sp³-hybridized carbons (Fsp3) is 1.00. The molecule has 0 saturated carbocycles. The van der Waals surface area contributed by atoms with E-state index >= 15 is 0 Å². The molecule has 0 aliphatic heterocycles. The zero-order valence-corrected chi connectivity index (χ0v) is 22.4. The quantitative estimate of drug-likeness (QED) is 0.117. The second kappa shape index (κ2) is 21.1. The van der Waals surface area contributed by atoms with E-state index in [1.165, 1.54) is 76.4 Å². The van der Waals surface area contributed by atoms with Crippen LogP contribution in [0.3, 0.4) is 0 Å². The lowest BCUT2D eigenvalue weighted by molar-refractivity contribution is 0.298. The Bertz CT molecular complexity index is 349. The van der Waals surface area contributed by atoms with Crippen LogP contribution in [-0.2, 0) is 0 Å². The molecule has 0 aromatic heterocycles. The molecule has 2 unspecified atom stereocenters. The molecule has 0 amide bonds. The first kappa shape index (κ1) is 30.2. The van der Waals surface area contributed by atoms with Crippen molar-refractivity contribution < 1.29 is 0 Å². The van der Waals surface area contributed by atoms with Gasteiger partial charge in [0.2, 0.25) is 0 Å². The van der Waals surface area contributed by atoms with Crippen LogP contribution in [0.25, 0.3) is 0 Å². The van der Waals surface area contributed by atoms with Gasteiger partial charge >= 0.3 is 0 Å². The maximum Gasteiger partial charge on any atom is 0.00786 e. The highest BCUT2D eigenvalue weighted by Gasteiger charge is 2.14. The molecular formula is C26H57N3S. The molecule has 4 heteroatoms. The summed E-state index contributed by atoms with van der Waals surface area (Å²) in [5, 5.41) is 7.15. The predicted molar refractivity (Wildman–Crippen MR) is 140 cm³/mol. The fourth-order valence-corrected chi connectivity index (χ4v) is 4.74. The molecule has 30 heavy (non-hydrogen) atoms. The molecule has 3 nitrogen and oxygen atoms in total. The molecule has 2 atom stereocenters. The van der Waals surface area contributed by atoms with Crippen LogP contribution in [0.15, 0.2) is 0 Å². The van der Waals surface area contributed by atoms with Crippen LogP contribution in [0.5, 0.6) is 0 Å². The molecular weight excluding hydrogens is 386 g/mol. The Morgan fingerprint density at radius 2 is 1.43 bits per heavy atom. The number of hydrogen-bond donors (Lipinski definition) is 3. The van der Waals surface area contributed by atoms with Crippen molar-refractivity contribution in [2.24, 2.45) is 17.3 Å². The Balaban J connectivity index is 3.26. The highest BCUT2D eigenvalue weighted by atomic mass is 32.2. The van der Waals surface area contributed by atoms with E-state index in [1.54, 1.807) is 0 Å². The SMILES string of the molecule is CCCC(C)C(CC)CCCCCSNCCCNCCCNCCC(C)(C)CC. The summed E-state index contributed by atoms with van der Waals surface area (Å²) < 4.78 is 3.53. The molecule has 0 spiro atoms. The van der Waals surface area contributed by atoms with Crippen LogP contribution in [0.1, 0.15) is 112 Å². The minimum Gasteiger partial charge on any atom is -0.317 e. The topological polar surface area (TPSA) is 36.1 Å². The number of unbranched alkanes of at least 4 members (excludes halogenated alkanes) is 2. The minimum absolute atomic E-state index is 0.487. The lowest BCUT2D eigenvalue weighted by Gasteiger charge is -2.22. The molecule has 0 heterocycles. The van der Waals surface area contributed by atoms with E-state index < -0.39 is 0 Å². The van der Waals surface area contributed by atoms with E-state index in [2.05, 4.69) is 56.9 Å². The highest BCUT2D eigenvalue weighted by Crippen LogP contribution is 2.26. The lowest BCUT2D eigenvalue weighted by Crippen LogP contribution is -2.26. The summed E-state index contributed by atoms with van der Waals surface area (Å²) in [7, 11) is 0. The van der Waals surface area contributed by atoms with Gasteiger partial charge in [-0.15, -0.1) is 0 Å². The van der Waals surface area contributed by atoms with E-state index in [1.807, 2.05) is 11.9 Å². The number of nitrogens with one attached hydrogen (secondary N) is 3. The third-order valence-electron chi connectivity index (χ3n) is 6.77. The van der Waals surface area contributed by atoms with Gasteiger partial charge in [0.05, 0.1) is 0 Å². The smallest absolute Gasteiger partial charge is 0.00786 e.